The van der Waals surface area contributed by atoms with E-state index in [9.17, 15) is 17.6 Å². The molecule has 1 heterocycles. The van der Waals surface area contributed by atoms with Crippen LogP contribution in [0.3, 0.4) is 0 Å². The molecule has 2 atom stereocenters. The van der Waals surface area contributed by atoms with Crippen molar-refractivity contribution in [1.82, 2.24) is 4.90 Å². The van der Waals surface area contributed by atoms with Crippen LogP contribution in [0.1, 0.15) is 36.5 Å². The van der Waals surface area contributed by atoms with Gasteiger partial charge in [-0.2, -0.15) is 0 Å². The second kappa shape index (κ2) is 6.55. The zero-order chi connectivity index (χ0) is 20.0. The van der Waals surface area contributed by atoms with Gasteiger partial charge in [0.15, 0.2) is 17.6 Å². The van der Waals surface area contributed by atoms with Crippen molar-refractivity contribution in [3.63, 3.8) is 0 Å². The normalized spacial score (nSPS) is 23.3. The summed E-state index contributed by atoms with van der Waals surface area (Å²) in [5.41, 5.74) is 5.44. The molecule has 1 aliphatic rings. The van der Waals surface area contributed by atoms with Crippen LogP contribution in [0.5, 0.6) is 0 Å². The molecule has 0 fully saturated rings. The largest absolute Gasteiger partial charge is 0.370 e. The minimum atomic E-state index is -2.96. The number of halogens is 4. The van der Waals surface area contributed by atoms with Crippen LogP contribution >= 0.6 is 0 Å². The van der Waals surface area contributed by atoms with Gasteiger partial charge in [-0.1, -0.05) is 36.4 Å². The molecule has 0 saturated heterocycles. The van der Waals surface area contributed by atoms with E-state index in [0.29, 0.717) is 12.1 Å². The molecule has 2 aromatic carbocycles. The van der Waals surface area contributed by atoms with E-state index in [1.165, 1.54) is 24.3 Å². The maximum atomic E-state index is 14.6. The number of rotatable bonds is 3. The Morgan fingerprint density at radius 2 is 1.78 bits per heavy atom. The van der Waals surface area contributed by atoms with Crippen LogP contribution < -0.4 is 5.73 Å². The van der Waals surface area contributed by atoms with E-state index < -0.39 is 29.0 Å². The molecule has 144 valence electrons. The summed E-state index contributed by atoms with van der Waals surface area (Å²) >= 11 is 0. The molecule has 2 N–H and O–H groups in total. The van der Waals surface area contributed by atoms with Crippen molar-refractivity contribution in [2.45, 2.75) is 31.2 Å². The number of hydrogen-bond donors (Lipinski definition) is 1. The molecular weight excluding hydrogens is 358 g/mol. The van der Waals surface area contributed by atoms with Gasteiger partial charge in [-0.25, -0.2) is 22.6 Å². The van der Waals surface area contributed by atoms with Crippen LogP contribution in [0, 0.1) is 11.6 Å². The van der Waals surface area contributed by atoms with Gasteiger partial charge in [-0.15, -0.1) is 0 Å². The fourth-order valence-corrected chi connectivity index (χ4v) is 3.53. The average Bonchev–Trinajstić information content (AvgIpc) is 2.60. The molecule has 0 aliphatic carbocycles. The molecular formula is C20H21F4N3. The molecule has 0 bridgehead atoms. The topological polar surface area (TPSA) is 41.6 Å². The smallest absolute Gasteiger partial charge is 0.270 e. The summed E-state index contributed by atoms with van der Waals surface area (Å²) in [5.74, 6) is -5.12. The first-order valence-corrected chi connectivity index (χ1v) is 8.53. The molecule has 0 saturated carbocycles. The third-order valence-electron chi connectivity index (χ3n) is 5.19. The lowest BCUT2D eigenvalue weighted by molar-refractivity contribution is 0.0174. The van der Waals surface area contributed by atoms with Crippen LogP contribution in [0.2, 0.25) is 0 Å². The molecule has 0 spiro atoms. The predicted octanol–water partition coefficient (Wildman–Crippen LogP) is 4.34. The Bertz CT molecular complexity index is 874. The molecule has 3 rings (SSSR count). The number of nitrogens with two attached hydrogens (primary N) is 1. The minimum Gasteiger partial charge on any atom is -0.370 e. The number of guanidine groups is 1. The summed E-state index contributed by atoms with van der Waals surface area (Å²) in [7, 11) is 1.74. The van der Waals surface area contributed by atoms with E-state index in [1.807, 2.05) is 0 Å². The molecule has 1 aliphatic heterocycles. The highest BCUT2D eigenvalue weighted by Crippen LogP contribution is 2.44. The van der Waals surface area contributed by atoms with Crippen LogP contribution in [-0.4, -0.2) is 24.5 Å². The number of hydrogen-bond acceptors (Lipinski definition) is 3. The number of alkyl halides is 2. The quantitative estimate of drug-likeness (QED) is 0.807. The first-order chi connectivity index (χ1) is 12.5. The standard InChI is InChI=1S/C20H21F4N3/c1-19(14-5-4-6-16(21)17(14)22)15(11-27(3)18(25)26-19)12-7-9-13(10-8-12)20(2,23)24/h4-10,15H,11H2,1-3H3,(H2,25,26)/t15-,19-/m1/s1. The van der Waals surface area contributed by atoms with Crippen molar-refractivity contribution in [2.24, 2.45) is 10.7 Å². The number of aliphatic imine (C=N–C) groups is 1. The predicted molar refractivity (Wildman–Crippen MR) is 96.7 cm³/mol. The van der Waals surface area contributed by atoms with Crippen LogP contribution in [0.4, 0.5) is 17.6 Å². The molecule has 7 heteroatoms. The maximum absolute atomic E-state index is 14.6. The number of likely N-dealkylation sites (N-methyl/N-ethyl adjacent to an activating group) is 1. The van der Waals surface area contributed by atoms with Gasteiger partial charge in [0.2, 0.25) is 0 Å². The first kappa shape index (κ1) is 19.2. The summed E-state index contributed by atoms with van der Waals surface area (Å²) in [6.07, 6.45) is 0. The number of nitrogens with zero attached hydrogens (tertiary/aromatic N) is 2. The van der Waals surface area contributed by atoms with Crippen molar-refractivity contribution in [3.05, 3.63) is 70.8 Å². The third-order valence-corrected chi connectivity index (χ3v) is 5.19. The molecule has 0 amide bonds. The zero-order valence-corrected chi connectivity index (χ0v) is 15.3. The SMILES string of the molecule is CN1C[C@H](c2ccc(C(C)(F)F)cc2)[C@@](C)(c2cccc(F)c2F)N=C1N. The summed E-state index contributed by atoms with van der Waals surface area (Å²) in [5, 5.41) is 0. The summed E-state index contributed by atoms with van der Waals surface area (Å²) in [6, 6.07) is 9.79. The monoisotopic (exact) mass is 379 g/mol. The van der Waals surface area contributed by atoms with Gasteiger partial charge < -0.3 is 10.6 Å². The number of benzene rings is 2. The van der Waals surface area contributed by atoms with E-state index >= 15 is 0 Å². The first-order valence-electron chi connectivity index (χ1n) is 8.53. The van der Waals surface area contributed by atoms with E-state index in [4.69, 9.17) is 5.73 Å². The van der Waals surface area contributed by atoms with E-state index in [2.05, 4.69) is 4.99 Å². The highest BCUT2D eigenvalue weighted by molar-refractivity contribution is 5.79. The average molecular weight is 379 g/mol. The highest BCUT2D eigenvalue weighted by atomic mass is 19.3. The van der Waals surface area contributed by atoms with Gasteiger partial charge in [0.1, 0.15) is 0 Å². The van der Waals surface area contributed by atoms with Crippen molar-refractivity contribution in [2.75, 3.05) is 13.6 Å². The van der Waals surface area contributed by atoms with Crippen LogP contribution in [0.25, 0.3) is 0 Å². The van der Waals surface area contributed by atoms with Gasteiger partial charge in [0, 0.05) is 37.6 Å². The van der Waals surface area contributed by atoms with Crippen molar-refractivity contribution in [1.29, 1.82) is 0 Å². The molecule has 0 aromatic heterocycles. The Hall–Kier alpha value is -2.57. The maximum Gasteiger partial charge on any atom is 0.270 e. The second-order valence-corrected chi connectivity index (χ2v) is 7.16. The minimum absolute atomic E-state index is 0.0773. The lowest BCUT2D eigenvalue weighted by Crippen LogP contribution is -2.49. The van der Waals surface area contributed by atoms with Crippen LogP contribution in [-0.2, 0) is 11.5 Å². The van der Waals surface area contributed by atoms with E-state index in [-0.39, 0.29) is 17.1 Å². The lowest BCUT2D eigenvalue weighted by atomic mass is 9.74. The highest BCUT2D eigenvalue weighted by Gasteiger charge is 2.43. The molecule has 0 radical (unpaired) electrons. The fraction of sp³-hybridized carbons (Fsp3) is 0.350. The van der Waals surface area contributed by atoms with Gasteiger partial charge >= 0.3 is 0 Å². The summed E-state index contributed by atoms with van der Waals surface area (Å²) in [4.78, 5) is 6.16. The van der Waals surface area contributed by atoms with E-state index in [1.54, 1.807) is 31.0 Å². The summed E-state index contributed by atoms with van der Waals surface area (Å²) in [6.45, 7) is 2.88. The molecule has 3 nitrogen and oxygen atoms in total. The Labute approximate surface area is 155 Å². The van der Waals surface area contributed by atoms with Crippen molar-refractivity contribution >= 4 is 5.96 Å². The fourth-order valence-electron chi connectivity index (χ4n) is 3.53. The van der Waals surface area contributed by atoms with Gasteiger partial charge in [-0.05, 0) is 18.6 Å². The van der Waals surface area contributed by atoms with Crippen molar-refractivity contribution < 1.29 is 17.6 Å². The Balaban J connectivity index is 2.13. The van der Waals surface area contributed by atoms with Gasteiger partial charge in [0.05, 0.1) is 5.54 Å². The second-order valence-electron chi connectivity index (χ2n) is 7.16. The van der Waals surface area contributed by atoms with Gasteiger partial charge in [0.25, 0.3) is 5.92 Å². The van der Waals surface area contributed by atoms with Gasteiger partial charge in [-0.3, -0.25) is 0 Å². The van der Waals surface area contributed by atoms with E-state index in [0.717, 1.165) is 13.0 Å². The lowest BCUT2D eigenvalue weighted by Gasteiger charge is -2.42. The van der Waals surface area contributed by atoms with Crippen molar-refractivity contribution in [3.8, 4) is 0 Å². The Morgan fingerprint density at radius 3 is 2.37 bits per heavy atom. The molecule has 0 unspecified atom stereocenters. The van der Waals surface area contributed by atoms with Crippen LogP contribution in [0.15, 0.2) is 47.5 Å². The molecule has 2 aromatic rings. The Kier molecular flexibility index (Phi) is 4.66. The third kappa shape index (κ3) is 3.38. The molecule has 27 heavy (non-hydrogen) atoms. The summed E-state index contributed by atoms with van der Waals surface area (Å²) < 4.78 is 55.4. The Morgan fingerprint density at radius 1 is 1.15 bits per heavy atom. The zero-order valence-electron chi connectivity index (χ0n) is 15.3.